The summed E-state index contributed by atoms with van der Waals surface area (Å²) in [6.45, 7) is -0.336. The van der Waals surface area contributed by atoms with Gasteiger partial charge >= 0.3 is 0 Å². The topological polar surface area (TPSA) is 85.6 Å². The summed E-state index contributed by atoms with van der Waals surface area (Å²) in [6, 6.07) is 25.8. The number of fused-ring (bicyclic) bond motifs is 1. The fraction of sp³-hybridized carbons (Fsp3) is 0.0345. The van der Waals surface area contributed by atoms with Crippen LogP contribution in [0.25, 0.3) is 22.3 Å². The van der Waals surface area contributed by atoms with Gasteiger partial charge in [0, 0.05) is 5.56 Å². The Bertz CT molecular complexity index is 1750. The number of carbonyl (C=O) groups is 1. The molecule has 7 nitrogen and oxygen atoms in total. The maximum Gasteiger partial charge on any atom is 0.282 e. The van der Waals surface area contributed by atoms with Gasteiger partial charge in [-0.05, 0) is 73.8 Å². The lowest BCUT2D eigenvalue weighted by molar-refractivity contribution is -0.118. The van der Waals surface area contributed by atoms with Gasteiger partial charge in [-0.15, -0.1) is 0 Å². The summed E-state index contributed by atoms with van der Waals surface area (Å²) < 4.78 is 21.8. The summed E-state index contributed by atoms with van der Waals surface area (Å²) in [6.07, 6.45) is 1.54. The van der Waals surface area contributed by atoms with E-state index < -0.39 is 11.7 Å². The highest BCUT2D eigenvalue weighted by atomic mass is 79.9. The quantitative estimate of drug-likeness (QED) is 0.201. The minimum atomic E-state index is -0.534. The summed E-state index contributed by atoms with van der Waals surface area (Å²) in [5.74, 6) is -0.256. The van der Waals surface area contributed by atoms with Crippen molar-refractivity contribution in [3.8, 4) is 17.1 Å². The van der Waals surface area contributed by atoms with E-state index in [-0.39, 0.29) is 17.9 Å². The van der Waals surface area contributed by atoms with E-state index in [0.29, 0.717) is 37.0 Å². The summed E-state index contributed by atoms with van der Waals surface area (Å²) in [4.78, 5) is 30.3. The smallest absolute Gasteiger partial charge is 0.282 e. The number of nitrogens with zero attached hydrogens (tertiary/aromatic N) is 3. The number of nitrogens with one attached hydrogen (secondary N) is 1. The highest BCUT2D eigenvalue weighted by Crippen LogP contribution is 2.34. The molecule has 0 spiro atoms. The van der Waals surface area contributed by atoms with Crippen LogP contribution in [0.4, 0.5) is 10.1 Å². The third-order valence-corrected chi connectivity index (χ3v) is 6.80. The molecule has 5 rings (SSSR count). The van der Waals surface area contributed by atoms with Crippen molar-refractivity contribution >= 4 is 60.6 Å². The normalized spacial score (nSPS) is 11.2. The highest BCUT2D eigenvalue weighted by Gasteiger charge is 2.14. The van der Waals surface area contributed by atoms with Crippen LogP contribution in [0.15, 0.2) is 110 Å². The Hall–Kier alpha value is -4.15. The maximum absolute atomic E-state index is 13.8. The number of amides is 1. The summed E-state index contributed by atoms with van der Waals surface area (Å²) in [5, 5.41) is 7.41. The molecule has 1 N–H and O–H groups in total. The van der Waals surface area contributed by atoms with Crippen molar-refractivity contribution in [2.24, 2.45) is 5.10 Å². The van der Waals surface area contributed by atoms with Crippen molar-refractivity contribution in [2.75, 3.05) is 11.9 Å². The van der Waals surface area contributed by atoms with Gasteiger partial charge in [0.05, 0.1) is 31.8 Å². The second-order valence-electron chi connectivity index (χ2n) is 8.31. The van der Waals surface area contributed by atoms with E-state index in [4.69, 9.17) is 9.72 Å². The van der Waals surface area contributed by atoms with Gasteiger partial charge in [0.25, 0.3) is 11.5 Å². The van der Waals surface area contributed by atoms with Crippen LogP contribution in [0.1, 0.15) is 5.56 Å². The van der Waals surface area contributed by atoms with E-state index >= 15 is 0 Å². The van der Waals surface area contributed by atoms with Crippen molar-refractivity contribution < 1.29 is 13.9 Å². The number of rotatable bonds is 7. The Kier molecular flexibility index (Phi) is 7.94. The van der Waals surface area contributed by atoms with Gasteiger partial charge in [0.15, 0.2) is 12.4 Å². The first-order valence-corrected chi connectivity index (χ1v) is 13.3. The molecule has 0 fully saturated rings. The molecule has 0 radical (unpaired) electrons. The zero-order valence-electron chi connectivity index (χ0n) is 20.1. The molecule has 0 aliphatic rings. The van der Waals surface area contributed by atoms with Gasteiger partial charge < -0.3 is 10.1 Å². The number of para-hydroxylation sites is 2. The average molecular weight is 650 g/mol. The minimum Gasteiger partial charge on any atom is -0.481 e. The summed E-state index contributed by atoms with van der Waals surface area (Å²) in [5.41, 5.74) is 1.76. The van der Waals surface area contributed by atoms with Crippen molar-refractivity contribution in [1.82, 2.24) is 9.66 Å². The molecule has 194 valence electrons. The van der Waals surface area contributed by atoms with Gasteiger partial charge in [0.2, 0.25) is 0 Å². The Labute approximate surface area is 239 Å². The van der Waals surface area contributed by atoms with Crippen molar-refractivity contribution in [3.63, 3.8) is 0 Å². The van der Waals surface area contributed by atoms with E-state index in [0.717, 1.165) is 5.56 Å². The predicted octanol–water partition coefficient (Wildman–Crippen LogP) is 6.63. The SMILES string of the molecule is O=C(COc1c(Br)cc(C=Nn2c(-c3ccccc3)nc3ccccc3c2=O)cc1Br)Nc1ccccc1F. The number of carbonyl (C=O) groups excluding carboxylic acids is 1. The standard InChI is InChI=1S/C29H19Br2FN4O3/c30-21-14-18(15-22(31)27(21)39-17-26(37)34-25-13-7-5-11-23(25)32)16-33-36-28(19-8-2-1-3-9-19)35-24-12-6-4-10-20(24)29(36)38/h1-16H,17H2,(H,34,37). The molecule has 0 aliphatic carbocycles. The largest absolute Gasteiger partial charge is 0.481 e. The van der Waals surface area contributed by atoms with E-state index in [1.54, 1.807) is 36.4 Å². The fourth-order valence-electron chi connectivity index (χ4n) is 3.81. The van der Waals surface area contributed by atoms with Crippen LogP contribution in [0.5, 0.6) is 5.75 Å². The molecule has 0 saturated carbocycles. The number of benzene rings is 4. The van der Waals surface area contributed by atoms with Gasteiger partial charge in [-0.1, -0.05) is 54.6 Å². The van der Waals surface area contributed by atoms with Gasteiger partial charge in [-0.3, -0.25) is 9.59 Å². The van der Waals surface area contributed by atoms with Crippen molar-refractivity contribution in [1.29, 1.82) is 0 Å². The number of ether oxygens (including phenoxy) is 1. The molecule has 1 amide bonds. The maximum atomic E-state index is 13.8. The van der Waals surface area contributed by atoms with Gasteiger partial charge in [-0.25, -0.2) is 9.37 Å². The number of hydrogen-bond acceptors (Lipinski definition) is 5. The molecule has 10 heteroatoms. The molecule has 0 bridgehead atoms. The number of anilines is 1. The van der Waals surface area contributed by atoms with E-state index in [1.807, 2.05) is 36.4 Å². The molecule has 1 heterocycles. The molecule has 5 aromatic rings. The van der Waals surface area contributed by atoms with Crippen molar-refractivity contribution in [3.05, 3.63) is 122 Å². The lowest BCUT2D eigenvalue weighted by Gasteiger charge is -2.12. The third kappa shape index (κ3) is 5.97. The second-order valence-corrected chi connectivity index (χ2v) is 10.0. The zero-order valence-corrected chi connectivity index (χ0v) is 23.3. The molecule has 0 aliphatic heterocycles. The zero-order chi connectivity index (χ0) is 27.4. The Balaban J connectivity index is 1.40. The molecular weight excluding hydrogens is 631 g/mol. The first kappa shape index (κ1) is 26.5. The van der Waals surface area contributed by atoms with E-state index in [1.165, 1.54) is 29.1 Å². The molecule has 0 atom stereocenters. The van der Waals surface area contributed by atoms with Crippen LogP contribution in [0.3, 0.4) is 0 Å². The molecule has 1 aromatic heterocycles. The van der Waals surface area contributed by atoms with Crippen LogP contribution >= 0.6 is 31.9 Å². The van der Waals surface area contributed by atoms with E-state index in [2.05, 4.69) is 42.3 Å². The average Bonchev–Trinajstić information content (AvgIpc) is 2.94. The molecule has 39 heavy (non-hydrogen) atoms. The van der Waals surface area contributed by atoms with E-state index in [9.17, 15) is 14.0 Å². The van der Waals surface area contributed by atoms with Crippen LogP contribution < -0.4 is 15.6 Å². The van der Waals surface area contributed by atoms with Crippen LogP contribution in [0.2, 0.25) is 0 Å². The fourth-order valence-corrected chi connectivity index (χ4v) is 5.26. The number of aromatic nitrogens is 2. The minimum absolute atomic E-state index is 0.0732. The van der Waals surface area contributed by atoms with Gasteiger partial charge in [0.1, 0.15) is 11.6 Å². The molecule has 4 aromatic carbocycles. The molecule has 0 unspecified atom stereocenters. The lowest BCUT2D eigenvalue weighted by atomic mass is 10.2. The van der Waals surface area contributed by atoms with Crippen LogP contribution in [0, 0.1) is 5.82 Å². The Morgan fingerprint density at radius 1 is 0.974 bits per heavy atom. The monoisotopic (exact) mass is 648 g/mol. The summed E-state index contributed by atoms with van der Waals surface area (Å²) in [7, 11) is 0. The molecular formula is C29H19Br2FN4O3. The van der Waals surface area contributed by atoms with Crippen LogP contribution in [-0.4, -0.2) is 28.4 Å². The Morgan fingerprint density at radius 2 is 1.64 bits per heavy atom. The van der Waals surface area contributed by atoms with Gasteiger partial charge in [-0.2, -0.15) is 9.78 Å². The first-order valence-electron chi connectivity index (χ1n) is 11.7. The third-order valence-electron chi connectivity index (χ3n) is 5.62. The first-order chi connectivity index (χ1) is 18.9. The molecule has 0 saturated heterocycles. The lowest BCUT2D eigenvalue weighted by Crippen LogP contribution is -2.21. The highest BCUT2D eigenvalue weighted by molar-refractivity contribution is 9.11. The number of hydrogen-bond donors (Lipinski definition) is 1. The second kappa shape index (κ2) is 11.7. The van der Waals surface area contributed by atoms with Crippen molar-refractivity contribution in [2.45, 2.75) is 0 Å². The predicted molar refractivity (Wildman–Crippen MR) is 157 cm³/mol. The number of halogens is 3. The summed E-state index contributed by atoms with van der Waals surface area (Å²) >= 11 is 6.92. The van der Waals surface area contributed by atoms with Crippen LogP contribution in [-0.2, 0) is 4.79 Å². The Morgan fingerprint density at radius 3 is 2.38 bits per heavy atom.